The second kappa shape index (κ2) is 7.02. The standard InChI is InChI=1S/C13H17BrClNO/c1-9-7-10(2)13(11(14)8-9)16-12(17)5-3-4-6-15/h7-8H,3-6H2,1-2H3,(H,16,17). The van der Waals surface area contributed by atoms with Gasteiger partial charge in [-0.2, -0.15) is 0 Å². The second-order valence-electron chi connectivity index (χ2n) is 4.13. The number of carbonyl (C=O) groups is 1. The summed E-state index contributed by atoms with van der Waals surface area (Å²) in [5.74, 6) is 0.656. The van der Waals surface area contributed by atoms with Gasteiger partial charge in [0.15, 0.2) is 0 Å². The fourth-order valence-electron chi connectivity index (χ4n) is 1.66. The summed E-state index contributed by atoms with van der Waals surface area (Å²) in [6.45, 7) is 4.02. The van der Waals surface area contributed by atoms with Gasteiger partial charge in [0.25, 0.3) is 0 Å². The maximum atomic E-state index is 11.7. The fraction of sp³-hybridized carbons (Fsp3) is 0.462. The van der Waals surface area contributed by atoms with Crippen molar-refractivity contribution in [3.05, 3.63) is 27.7 Å². The van der Waals surface area contributed by atoms with Crippen LogP contribution in [0.2, 0.25) is 0 Å². The van der Waals surface area contributed by atoms with Crippen LogP contribution in [0.4, 0.5) is 5.69 Å². The van der Waals surface area contributed by atoms with Gasteiger partial charge >= 0.3 is 0 Å². The van der Waals surface area contributed by atoms with Crippen molar-refractivity contribution in [2.75, 3.05) is 11.2 Å². The number of anilines is 1. The molecule has 0 aliphatic carbocycles. The SMILES string of the molecule is Cc1cc(C)c(NC(=O)CCCCCl)c(Br)c1. The fourth-order valence-corrected chi connectivity index (χ4v) is 2.62. The van der Waals surface area contributed by atoms with Crippen LogP contribution in [0.3, 0.4) is 0 Å². The molecule has 0 radical (unpaired) electrons. The average Bonchev–Trinajstić information content (AvgIpc) is 2.24. The summed E-state index contributed by atoms with van der Waals surface area (Å²) in [7, 11) is 0. The van der Waals surface area contributed by atoms with Crippen LogP contribution in [0.15, 0.2) is 16.6 Å². The highest BCUT2D eigenvalue weighted by molar-refractivity contribution is 9.10. The molecule has 0 aliphatic heterocycles. The molecule has 0 bridgehead atoms. The Kier molecular flexibility index (Phi) is 6.00. The Bertz CT molecular complexity index is 383. The van der Waals surface area contributed by atoms with E-state index in [4.69, 9.17) is 11.6 Å². The highest BCUT2D eigenvalue weighted by Crippen LogP contribution is 2.27. The van der Waals surface area contributed by atoms with Gasteiger partial charge in [-0.1, -0.05) is 6.07 Å². The summed E-state index contributed by atoms with van der Waals surface area (Å²) in [5, 5.41) is 2.94. The van der Waals surface area contributed by atoms with Gasteiger partial charge in [-0.3, -0.25) is 4.79 Å². The molecular weight excluding hydrogens is 302 g/mol. The summed E-state index contributed by atoms with van der Waals surface area (Å²) in [5.41, 5.74) is 3.11. The van der Waals surface area contributed by atoms with E-state index in [1.54, 1.807) is 0 Å². The van der Waals surface area contributed by atoms with Crippen LogP contribution < -0.4 is 5.32 Å². The zero-order chi connectivity index (χ0) is 12.8. The quantitative estimate of drug-likeness (QED) is 0.632. The molecular formula is C13H17BrClNO. The molecule has 0 aromatic heterocycles. The summed E-state index contributed by atoms with van der Waals surface area (Å²) >= 11 is 9.05. The van der Waals surface area contributed by atoms with Gasteiger partial charge < -0.3 is 5.32 Å². The molecule has 0 atom stereocenters. The van der Waals surface area contributed by atoms with Crippen molar-refractivity contribution in [3.63, 3.8) is 0 Å². The minimum Gasteiger partial charge on any atom is -0.325 e. The minimum atomic E-state index is 0.0442. The average molecular weight is 319 g/mol. The van der Waals surface area contributed by atoms with E-state index in [0.29, 0.717) is 12.3 Å². The maximum absolute atomic E-state index is 11.7. The van der Waals surface area contributed by atoms with E-state index < -0.39 is 0 Å². The number of aryl methyl sites for hydroxylation is 2. The number of benzene rings is 1. The van der Waals surface area contributed by atoms with E-state index in [0.717, 1.165) is 28.6 Å². The van der Waals surface area contributed by atoms with E-state index in [1.165, 1.54) is 5.56 Å². The number of rotatable bonds is 5. The molecule has 4 heteroatoms. The third kappa shape index (κ3) is 4.68. The lowest BCUT2D eigenvalue weighted by Crippen LogP contribution is -2.12. The molecule has 0 heterocycles. The van der Waals surface area contributed by atoms with Crippen LogP contribution in [0.1, 0.15) is 30.4 Å². The van der Waals surface area contributed by atoms with Gasteiger partial charge in [-0.05, 0) is 59.8 Å². The number of hydrogen-bond acceptors (Lipinski definition) is 1. The van der Waals surface area contributed by atoms with E-state index >= 15 is 0 Å². The number of hydrogen-bond donors (Lipinski definition) is 1. The third-order valence-corrected chi connectivity index (χ3v) is 3.38. The lowest BCUT2D eigenvalue weighted by atomic mass is 10.1. The van der Waals surface area contributed by atoms with E-state index in [9.17, 15) is 4.79 Å². The number of amides is 1. The van der Waals surface area contributed by atoms with Crippen LogP contribution in [-0.2, 0) is 4.79 Å². The Morgan fingerprint density at radius 1 is 1.35 bits per heavy atom. The molecule has 1 aromatic carbocycles. The molecule has 0 saturated carbocycles. The first-order chi connectivity index (χ1) is 8.04. The van der Waals surface area contributed by atoms with Crippen molar-refractivity contribution >= 4 is 39.1 Å². The van der Waals surface area contributed by atoms with Gasteiger partial charge in [-0.25, -0.2) is 0 Å². The predicted octanol–water partition coefficient (Wildman–Crippen LogP) is 4.41. The van der Waals surface area contributed by atoms with Gasteiger partial charge in [-0.15, -0.1) is 11.6 Å². The van der Waals surface area contributed by atoms with Gasteiger partial charge in [0.05, 0.1) is 5.69 Å². The molecule has 0 saturated heterocycles. The van der Waals surface area contributed by atoms with E-state index in [-0.39, 0.29) is 5.91 Å². The molecule has 0 fully saturated rings. The normalized spacial score (nSPS) is 10.4. The first-order valence-corrected chi connectivity index (χ1v) is 7.00. The largest absolute Gasteiger partial charge is 0.325 e. The molecule has 1 rings (SSSR count). The Morgan fingerprint density at radius 2 is 2.06 bits per heavy atom. The Morgan fingerprint density at radius 3 is 2.65 bits per heavy atom. The highest BCUT2D eigenvalue weighted by Gasteiger charge is 2.08. The molecule has 0 spiro atoms. The maximum Gasteiger partial charge on any atom is 0.224 e. The Labute approximate surface area is 116 Å². The molecule has 0 aliphatic rings. The number of alkyl halides is 1. The smallest absolute Gasteiger partial charge is 0.224 e. The monoisotopic (exact) mass is 317 g/mol. The van der Waals surface area contributed by atoms with Crippen molar-refractivity contribution < 1.29 is 4.79 Å². The van der Waals surface area contributed by atoms with Gasteiger partial charge in [0, 0.05) is 16.8 Å². The zero-order valence-electron chi connectivity index (χ0n) is 10.1. The first-order valence-electron chi connectivity index (χ1n) is 5.67. The van der Waals surface area contributed by atoms with Crippen molar-refractivity contribution in [1.82, 2.24) is 0 Å². The van der Waals surface area contributed by atoms with Crippen molar-refractivity contribution in [1.29, 1.82) is 0 Å². The number of unbranched alkanes of at least 4 members (excludes halogenated alkanes) is 1. The number of carbonyl (C=O) groups excluding carboxylic acids is 1. The molecule has 2 nitrogen and oxygen atoms in total. The van der Waals surface area contributed by atoms with Crippen molar-refractivity contribution in [2.45, 2.75) is 33.1 Å². The third-order valence-electron chi connectivity index (χ3n) is 2.48. The minimum absolute atomic E-state index is 0.0442. The summed E-state index contributed by atoms with van der Waals surface area (Å²) in [4.78, 5) is 11.7. The van der Waals surface area contributed by atoms with Gasteiger partial charge in [0.2, 0.25) is 5.91 Å². The first kappa shape index (κ1) is 14.5. The summed E-state index contributed by atoms with van der Waals surface area (Å²) in [6.07, 6.45) is 2.23. The second-order valence-corrected chi connectivity index (χ2v) is 5.37. The van der Waals surface area contributed by atoms with Crippen molar-refractivity contribution in [2.24, 2.45) is 0 Å². The van der Waals surface area contributed by atoms with E-state index in [2.05, 4.69) is 27.3 Å². The molecule has 1 aromatic rings. The lowest BCUT2D eigenvalue weighted by molar-refractivity contribution is -0.116. The zero-order valence-corrected chi connectivity index (χ0v) is 12.5. The summed E-state index contributed by atoms with van der Waals surface area (Å²) < 4.78 is 0.931. The topological polar surface area (TPSA) is 29.1 Å². The lowest BCUT2D eigenvalue weighted by Gasteiger charge is -2.11. The van der Waals surface area contributed by atoms with Crippen LogP contribution >= 0.6 is 27.5 Å². The highest BCUT2D eigenvalue weighted by atomic mass is 79.9. The predicted molar refractivity (Wildman–Crippen MR) is 76.8 cm³/mol. The van der Waals surface area contributed by atoms with Crippen LogP contribution in [0.25, 0.3) is 0 Å². The molecule has 1 amide bonds. The van der Waals surface area contributed by atoms with Crippen LogP contribution in [0.5, 0.6) is 0 Å². The molecule has 1 N–H and O–H groups in total. The van der Waals surface area contributed by atoms with Gasteiger partial charge in [0.1, 0.15) is 0 Å². The number of nitrogens with one attached hydrogen (secondary N) is 1. The van der Waals surface area contributed by atoms with E-state index in [1.807, 2.05) is 19.9 Å². The molecule has 0 unspecified atom stereocenters. The van der Waals surface area contributed by atoms with Crippen molar-refractivity contribution in [3.8, 4) is 0 Å². The Hall–Kier alpha value is -0.540. The van der Waals surface area contributed by atoms with Crippen LogP contribution in [-0.4, -0.2) is 11.8 Å². The molecule has 17 heavy (non-hydrogen) atoms. The van der Waals surface area contributed by atoms with Crippen LogP contribution in [0, 0.1) is 13.8 Å². The molecule has 94 valence electrons. The number of halogens is 2. The Balaban J connectivity index is 2.65. The summed E-state index contributed by atoms with van der Waals surface area (Å²) in [6, 6.07) is 4.06.